The molecule has 0 N–H and O–H groups in total. The van der Waals surface area contributed by atoms with Crippen molar-refractivity contribution in [2.45, 2.75) is 60.8 Å². The van der Waals surface area contributed by atoms with Gasteiger partial charge in [-0.25, -0.2) is 0 Å². The average molecular weight is 188 g/mol. The maximum absolute atomic E-state index is 8.81. The zero-order valence-corrected chi connectivity index (χ0v) is 10.4. The van der Waals surface area contributed by atoms with E-state index in [0.717, 1.165) is 12.7 Å². The van der Waals surface area contributed by atoms with Gasteiger partial charge in [0.2, 0.25) is 0 Å². The molecule has 0 heterocycles. The van der Waals surface area contributed by atoms with Crippen molar-refractivity contribution in [3.05, 3.63) is 12.7 Å². The molecule has 0 unspecified atom stereocenters. The fourth-order valence-electron chi connectivity index (χ4n) is 0.204. The molecule has 0 amide bonds. The first-order valence-corrected chi connectivity index (χ1v) is 5.25. The van der Waals surface area contributed by atoms with Gasteiger partial charge in [0, 0.05) is 0 Å². The van der Waals surface area contributed by atoms with Gasteiger partial charge in [0.15, 0.2) is 0 Å². The zero-order chi connectivity index (χ0) is 11.5. The van der Waals surface area contributed by atoms with Gasteiger partial charge in [-0.2, -0.15) is 0 Å². The molecule has 0 aromatic heterocycles. The fourth-order valence-corrected chi connectivity index (χ4v) is 0.204. The van der Waals surface area contributed by atoms with Crippen LogP contribution in [0.5, 0.6) is 0 Å². The number of rotatable bonds is 2. The van der Waals surface area contributed by atoms with E-state index >= 15 is 0 Å². The first-order chi connectivity index (χ1) is 6.24. The van der Waals surface area contributed by atoms with Crippen molar-refractivity contribution < 1.29 is 4.79 Å². The molecule has 1 nitrogen and oxygen atoms in total. The van der Waals surface area contributed by atoms with Gasteiger partial charge in [0.25, 0.3) is 0 Å². The largest absolute Gasteiger partial charge is 0.304 e. The van der Waals surface area contributed by atoms with Crippen LogP contribution in [0.15, 0.2) is 12.7 Å². The molecule has 0 fully saturated rings. The standard InChI is InChI=1S/C5H10.C3H8.C2H4O.C2H6/c1-3-5-4-2;1-3-2;1-2-3;1-2/h3H,1,4-5H2,2H3;3H2,1-2H3;2H,1H3;1-2H3. The highest BCUT2D eigenvalue weighted by atomic mass is 16.1. The van der Waals surface area contributed by atoms with Crippen LogP contribution < -0.4 is 0 Å². The number of hydrogen-bond donors (Lipinski definition) is 0. The van der Waals surface area contributed by atoms with Crippen LogP contribution >= 0.6 is 0 Å². The molecule has 0 aromatic rings. The minimum Gasteiger partial charge on any atom is -0.304 e. The van der Waals surface area contributed by atoms with Crippen molar-refractivity contribution in [3.63, 3.8) is 0 Å². The highest BCUT2D eigenvalue weighted by Crippen LogP contribution is 1.82. The Labute approximate surface area is 85.2 Å². The normalized spacial score (nSPS) is 5.69. The monoisotopic (exact) mass is 188 g/mol. The van der Waals surface area contributed by atoms with Gasteiger partial charge in [-0.3, -0.25) is 0 Å². The Bertz CT molecular complexity index is 58.1. The van der Waals surface area contributed by atoms with Crippen molar-refractivity contribution in [1.82, 2.24) is 0 Å². The molecule has 0 radical (unpaired) electrons. The lowest BCUT2D eigenvalue weighted by Gasteiger charge is -1.72. The number of hydrogen-bond acceptors (Lipinski definition) is 1. The summed E-state index contributed by atoms with van der Waals surface area (Å²) in [6.45, 7) is 15.4. The van der Waals surface area contributed by atoms with Gasteiger partial charge in [-0.05, 0) is 13.3 Å². The third-order valence-electron chi connectivity index (χ3n) is 0.493. The molecule has 0 atom stereocenters. The van der Waals surface area contributed by atoms with E-state index in [1.807, 2.05) is 19.9 Å². The van der Waals surface area contributed by atoms with Crippen molar-refractivity contribution in [3.8, 4) is 0 Å². The SMILES string of the molecule is C=CCCC.CC.CC=O.CCC. The maximum Gasteiger partial charge on any atom is 0.116 e. The minimum absolute atomic E-state index is 0.750. The van der Waals surface area contributed by atoms with Crippen molar-refractivity contribution >= 4 is 6.29 Å². The number of aldehydes is 1. The Morgan fingerprint density at radius 3 is 1.38 bits per heavy atom. The topological polar surface area (TPSA) is 17.1 Å². The van der Waals surface area contributed by atoms with Crippen molar-refractivity contribution in [2.75, 3.05) is 0 Å². The lowest BCUT2D eigenvalue weighted by molar-refractivity contribution is -0.106. The molecule has 82 valence electrons. The Hall–Kier alpha value is -0.590. The Kier molecular flexibility index (Phi) is 112. The van der Waals surface area contributed by atoms with E-state index < -0.39 is 0 Å². The maximum atomic E-state index is 8.81. The molecular weight excluding hydrogens is 160 g/mol. The summed E-state index contributed by atoms with van der Waals surface area (Å²) in [7, 11) is 0. The van der Waals surface area contributed by atoms with E-state index in [4.69, 9.17) is 4.79 Å². The third kappa shape index (κ3) is 508. The Morgan fingerprint density at radius 2 is 1.38 bits per heavy atom. The summed E-state index contributed by atoms with van der Waals surface area (Å²) in [5.74, 6) is 0. The van der Waals surface area contributed by atoms with Gasteiger partial charge < -0.3 is 4.79 Å². The highest BCUT2D eigenvalue weighted by molar-refractivity contribution is 5.44. The van der Waals surface area contributed by atoms with Crippen LogP contribution in [0.25, 0.3) is 0 Å². The summed E-state index contributed by atoms with van der Waals surface area (Å²) >= 11 is 0. The van der Waals surface area contributed by atoms with Gasteiger partial charge >= 0.3 is 0 Å². The molecule has 0 spiro atoms. The van der Waals surface area contributed by atoms with Crippen LogP contribution in [0.3, 0.4) is 0 Å². The molecule has 0 saturated carbocycles. The first kappa shape index (κ1) is 22.8. The highest BCUT2D eigenvalue weighted by Gasteiger charge is 1.61. The van der Waals surface area contributed by atoms with E-state index in [9.17, 15) is 0 Å². The molecule has 13 heavy (non-hydrogen) atoms. The molecule has 0 aliphatic heterocycles. The first-order valence-electron chi connectivity index (χ1n) is 5.25. The lowest BCUT2D eigenvalue weighted by atomic mass is 10.3. The number of carbonyl (C=O) groups excluding carboxylic acids is 1. The molecule has 0 bridgehead atoms. The van der Waals surface area contributed by atoms with Crippen molar-refractivity contribution in [1.29, 1.82) is 0 Å². The van der Waals surface area contributed by atoms with E-state index in [1.165, 1.54) is 19.8 Å². The van der Waals surface area contributed by atoms with E-state index in [0.29, 0.717) is 0 Å². The van der Waals surface area contributed by atoms with Gasteiger partial charge in [0.1, 0.15) is 6.29 Å². The number of allylic oxidation sites excluding steroid dienone is 1. The minimum atomic E-state index is 0.750. The third-order valence-corrected chi connectivity index (χ3v) is 0.493. The summed E-state index contributed by atoms with van der Waals surface area (Å²) in [4.78, 5) is 8.81. The predicted molar refractivity (Wildman–Crippen MR) is 64.2 cm³/mol. The predicted octanol–water partition coefficient (Wildman–Crippen LogP) is 4.62. The molecule has 0 aliphatic carbocycles. The van der Waals surface area contributed by atoms with E-state index in [2.05, 4.69) is 27.4 Å². The van der Waals surface area contributed by atoms with Crippen molar-refractivity contribution in [2.24, 2.45) is 0 Å². The summed E-state index contributed by atoms with van der Waals surface area (Å²) in [5, 5.41) is 0. The second kappa shape index (κ2) is 63.6. The second-order valence-corrected chi connectivity index (χ2v) is 2.02. The lowest BCUT2D eigenvalue weighted by Crippen LogP contribution is -1.52. The molecule has 0 rings (SSSR count). The molecule has 0 saturated heterocycles. The number of carbonyl (C=O) groups is 1. The molecular formula is C12H28O. The summed E-state index contributed by atoms with van der Waals surface area (Å²) in [6, 6.07) is 0. The second-order valence-electron chi connectivity index (χ2n) is 2.02. The van der Waals surface area contributed by atoms with Crippen LogP contribution in [0, 0.1) is 0 Å². The summed E-state index contributed by atoms with van der Waals surface area (Å²) < 4.78 is 0. The molecule has 1 heteroatoms. The van der Waals surface area contributed by atoms with Gasteiger partial charge in [0.05, 0.1) is 0 Å². The van der Waals surface area contributed by atoms with Gasteiger partial charge in [-0.15, -0.1) is 6.58 Å². The van der Waals surface area contributed by atoms with E-state index in [-0.39, 0.29) is 0 Å². The quantitative estimate of drug-likeness (QED) is 0.456. The average Bonchev–Trinajstić information content (AvgIpc) is 2.12. The Balaban J connectivity index is -0.0000000446. The summed E-state index contributed by atoms with van der Waals surface area (Å²) in [5.41, 5.74) is 0. The van der Waals surface area contributed by atoms with Crippen LogP contribution in [0.1, 0.15) is 60.8 Å². The molecule has 0 aliphatic rings. The van der Waals surface area contributed by atoms with E-state index in [1.54, 1.807) is 0 Å². The zero-order valence-electron chi connectivity index (χ0n) is 10.4. The fraction of sp³-hybridized carbons (Fsp3) is 0.750. The van der Waals surface area contributed by atoms with Crippen LogP contribution in [0.2, 0.25) is 0 Å². The smallest absolute Gasteiger partial charge is 0.116 e. The Morgan fingerprint density at radius 1 is 1.15 bits per heavy atom. The number of unbranched alkanes of at least 4 members (excludes halogenated alkanes) is 1. The van der Waals surface area contributed by atoms with Crippen LogP contribution in [0.4, 0.5) is 0 Å². The van der Waals surface area contributed by atoms with Crippen LogP contribution in [-0.2, 0) is 4.79 Å². The summed E-state index contributed by atoms with van der Waals surface area (Å²) in [6.07, 6.45) is 6.31. The van der Waals surface area contributed by atoms with Crippen LogP contribution in [-0.4, -0.2) is 6.29 Å². The molecule has 0 aromatic carbocycles. The van der Waals surface area contributed by atoms with Gasteiger partial charge in [-0.1, -0.05) is 53.5 Å².